The van der Waals surface area contributed by atoms with Crippen molar-refractivity contribution in [2.24, 2.45) is 0 Å². The maximum absolute atomic E-state index is 12.5. The third-order valence-corrected chi connectivity index (χ3v) is 4.53. The van der Waals surface area contributed by atoms with Gasteiger partial charge in [-0.1, -0.05) is 66.7 Å². The zero-order valence-corrected chi connectivity index (χ0v) is 15.6. The molecule has 2 amide bonds. The molecule has 3 aromatic rings. The van der Waals surface area contributed by atoms with Crippen molar-refractivity contribution in [2.45, 2.75) is 13.0 Å². The molecular formula is C23H22N2O3. The molecule has 0 aliphatic heterocycles. The van der Waals surface area contributed by atoms with Crippen LogP contribution in [0.4, 0.5) is 0 Å². The number of hydrogen-bond acceptors (Lipinski definition) is 3. The fraction of sp³-hybridized carbons (Fsp3) is 0.130. The summed E-state index contributed by atoms with van der Waals surface area (Å²) in [5.74, 6) is -0.659. The van der Waals surface area contributed by atoms with E-state index < -0.39 is 5.91 Å². The molecule has 0 radical (unpaired) electrons. The van der Waals surface area contributed by atoms with Gasteiger partial charge in [0.15, 0.2) is 0 Å². The Kier molecular flexibility index (Phi) is 6.07. The predicted molar refractivity (Wildman–Crippen MR) is 108 cm³/mol. The van der Waals surface area contributed by atoms with Crippen LogP contribution in [-0.2, 0) is 4.79 Å². The van der Waals surface area contributed by atoms with Gasteiger partial charge in [-0.3, -0.25) is 9.59 Å². The number of phenolic OH excluding ortho intramolecular Hbond substituents is 1. The Labute approximate surface area is 164 Å². The molecule has 3 rings (SSSR count). The van der Waals surface area contributed by atoms with Crippen LogP contribution in [0.1, 0.15) is 33.1 Å². The first-order valence-corrected chi connectivity index (χ1v) is 9.02. The molecule has 0 unspecified atom stereocenters. The number of phenols is 1. The zero-order chi connectivity index (χ0) is 19.9. The Bertz CT molecular complexity index is 917. The monoisotopic (exact) mass is 374 g/mol. The van der Waals surface area contributed by atoms with E-state index >= 15 is 0 Å². The van der Waals surface area contributed by atoms with Gasteiger partial charge in [-0.15, -0.1) is 0 Å². The van der Waals surface area contributed by atoms with E-state index in [0.717, 1.165) is 11.1 Å². The number of rotatable bonds is 6. The van der Waals surface area contributed by atoms with Crippen LogP contribution in [-0.4, -0.2) is 23.5 Å². The van der Waals surface area contributed by atoms with Gasteiger partial charge in [-0.2, -0.15) is 0 Å². The van der Waals surface area contributed by atoms with Crippen LogP contribution in [0.3, 0.4) is 0 Å². The number of amides is 2. The van der Waals surface area contributed by atoms with Crippen LogP contribution in [0, 0.1) is 6.92 Å². The van der Waals surface area contributed by atoms with Crippen molar-refractivity contribution in [2.75, 3.05) is 6.54 Å². The lowest BCUT2D eigenvalue weighted by molar-refractivity contribution is -0.120. The first-order chi connectivity index (χ1) is 13.6. The fourth-order valence-corrected chi connectivity index (χ4v) is 2.99. The van der Waals surface area contributed by atoms with Gasteiger partial charge in [0.05, 0.1) is 12.6 Å². The quantitative estimate of drug-likeness (QED) is 0.619. The summed E-state index contributed by atoms with van der Waals surface area (Å²) in [5, 5.41) is 15.3. The van der Waals surface area contributed by atoms with E-state index in [-0.39, 0.29) is 24.2 Å². The minimum atomic E-state index is -0.403. The fourth-order valence-electron chi connectivity index (χ4n) is 2.99. The normalized spacial score (nSPS) is 10.5. The molecule has 0 aliphatic rings. The molecule has 142 valence electrons. The smallest absolute Gasteiger partial charge is 0.252 e. The Morgan fingerprint density at radius 3 is 2.00 bits per heavy atom. The number of carbonyl (C=O) groups is 2. The van der Waals surface area contributed by atoms with Crippen LogP contribution >= 0.6 is 0 Å². The van der Waals surface area contributed by atoms with Gasteiger partial charge in [-0.25, -0.2) is 0 Å². The summed E-state index contributed by atoms with van der Waals surface area (Å²) in [7, 11) is 0. The molecule has 0 fully saturated rings. The van der Waals surface area contributed by atoms with Gasteiger partial charge in [-0.05, 0) is 30.2 Å². The van der Waals surface area contributed by atoms with E-state index in [0.29, 0.717) is 11.1 Å². The molecule has 3 N–H and O–H groups in total. The molecule has 5 heteroatoms. The third-order valence-electron chi connectivity index (χ3n) is 4.53. The SMILES string of the molecule is Cc1c(O)cccc1C(=O)NCC(=O)NC(c1ccccc1)c1ccccc1. The second kappa shape index (κ2) is 8.86. The average molecular weight is 374 g/mol. The lowest BCUT2D eigenvalue weighted by Gasteiger charge is -2.20. The van der Waals surface area contributed by atoms with E-state index in [1.165, 1.54) is 6.07 Å². The van der Waals surface area contributed by atoms with Gasteiger partial charge in [0.1, 0.15) is 5.75 Å². The standard InChI is InChI=1S/C23H22N2O3/c1-16-19(13-8-14-20(16)26)23(28)24-15-21(27)25-22(17-9-4-2-5-10-17)18-11-6-3-7-12-18/h2-14,22,26H,15H2,1H3,(H,24,28)(H,25,27). The van der Waals surface area contributed by atoms with Gasteiger partial charge in [0, 0.05) is 11.1 Å². The summed E-state index contributed by atoms with van der Waals surface area (Å²) < 4.78 is 0. The van der Waals surface area contributed by atoms with Crippen molar-refractivity contribution in [1.82, 2.24) is 10.6 Å². The van der Waals surface area contributed by atoms with E-state index in [1.807, 2.05) is 60.7 Å². The highest BCUT2D eigenvalue weighted by Gasteiger charge is 2.18. The molecule has 3 aromatic carbocycles. The molecule has 0 spiro atoms. The average Bonchev–Trinajstić information content (AvgIpc) is 2.73. The number of hydrogen-bond donors (Lipinski definition) is 3. The van der Waals surface area contributed by atoms with Crippen LogP contribution in [0.2, 0.25) is 0 Å². The molecule has 0 saturated heterocycles. The first-order valence-electron chi connectivity index (χ1n) is 9.02. The Balaban J connectivity index is 1.69. The van der Waals surface area contributed by atoms with E-state index in [2.05, 4.69) is 10.6 Å². The molecule has 0 heterocycles. The summed E-state index contributed by atoms with van der Waals surface area (Å²) in [6.07, 6.45) is 0. The van der Waals surface area contributed by atoms with E-state index in [9.17, 15) is 14.7 Å². The summed E-state index contributed by atoms with van der Waals surface area (Å²) in [5.41, 5.74) is 2.73. The molecular weight excluding hydrogens is 352 g/mol. The van der Waals surface area contributed by atoms with Gasteiger partial charge < -0.3 is 15.7 Å². The highest BCUT2D eigenvalue weighted by Crippen LogP contribution is 2.22. The van der Waals surface area contributed by atoms with E-state index in [4.69, 9.17) is 0 Å². The maximum Gasteiger partial charge on any atom is 0.252 e. The van der Waals surface area contributed by atoms with Crippen LogP contribution in [0.5, 0.6) is 5.75 Å². The lowest BCUT2D eigenvalue weighted by atomic mass is 9.99. The minimum Gasteiger partial charge on any atom is -0.508 e. The molecule has 0 bridgehead atoms. The second-order valence-corrected chi connectivity index (χ2v) is 6.45. The van der Waals surface area contributed by atoms with Gasteiger partial charge >= 0.3 is 0 Å². The predicted octanol–water partition coefficient (Wildman–Crippen LogP) is 3.34. The molecule has 0 aliphatic carbocycles. The van der Waals surface area contributed by atoms with Gasteiger partial charge in [0.2, 0.25) is 5.91 Å². The van der Waals surface area contributed by atoms with Crippen molar-refractivity contribution in [3.05, 3.63) is 101 Å². The zero-order valence-electron chi connectivity index (χ0n) is 15.6. The number of aromatic hydroxyl groups is 1. The Morgan fingerprint density at radius 1 is 0.857 bits per heavy atom. The van der Waals surface area contributed by atoms with Gasteiger partial charge in [0.25, 0.3) is 5.91 Å². The molecule has 28 heavy (non-hydrogen) atoms. The van der Waals surface area contributed by atoms with Crippen molar-refractivity contribution in [3.8, 4) is 5.75 Å². The van der Waals surface area contributed by atoms with Crippen molar-refractivity contribution >= 4 is 11.8 Å². The number of nitrogens with one attached hydrogen (secondary N) is 2. The van der Waals surface area contributed by atoms with Crippen molar-refractivity contribution < 1.29 is 14.7 Å². The Morgan fingerprint density at radius 2 is 1.43 bits per heavy atom. The molecule has 0 saturated carbocycles. The molecule has 5 nitrogen and oxygen atoms in total. The van der Waals surface area contributed by atoms with Crippen LogP contribution in [0.15, 0.2) is 78.9 Å². The third kappa shape index (κ3) is 4.57. The van der Waals surface area contributed by atoms with Crippen molar-refractivity contribution in [3.63, 3.8) is 0 Å². The van der Waals surface area contributed by atoms with E-state index in [1.54, 1.807) is 19.1 Å². The van der Waals surface area contributed by atoms with Crippen LogP contribution in [0.25, 0.3) is 0 Å². The highest BCUT2D eigenvalue weighted by atomic mass is 16.3. The largest absolute Gasteiger partial charge is 0.508 e. The summed E-state index contributed by atoms with van der Waals surface area (Å²) in [4.78, 5) is 24.9. The second-order valence-electron chi connectivity index (χ2n) is 6.45. The number of benzene rings is 3. The van der Waals surface area contributed by atoms with Crippen LogP contribution < -0.4 is 10.6 Å². The number of carbonyl (C=O) groups excluding carboxylic acids is 2. The molecule has 0 aromatic heterocycles. The lowest BCUT2D eigenvalue weighted by Crippen LogP contribution is -2.39. The highest BCUT2D eigenvalue weighted by molar-refractivity contribution is 5.98. The summed E-state index contributed by atoms with van der Waals surface area (Å²) in [6, 6.07) is 23.7. The minimum absolute atomic E-state index is 0.0466. The topological polar surface area (TPSA) is 78.4 Å². The summed E-state index contributed by atoms with van der Waals surface area (Å²) >= 11 is 0. The first kappa shape index (κ1) is 19.2. The summed E-state index contributed by atoms with van der Waals surface area (Å²) in [6.45, 7) is 1.50. The molecule has 0 atom stereocenters. The Hall–Kier alpha value is -3.60. The van der Waals surface area contributed by atoms with Crippen molar-refractivity contribution in [1.29, 1.82) is 0 Å². The maximum atomic E-state index is 12.5.